The number of benzene rings is 2. The molecule has 0 saturated carbocycles. The van der Waals surface area contributed by atoms with Crippen molar-refractivity contribution in [2.75, 3.05) is 18.1 Å². The molecule has 0 spiro atoms. The van der Waals surface area contributed by atoms with Gasteiger partial charge < -0.3 is 4.74 Å². The maximum Gasteiger partial charge on any atom is 0.338 e. The Morgan fingerprint density at radius 3 is 2.11 bits per heavy atom. The van der Waals surface area contributed by atoms with Gasteiger partial charge in [0.1, 0.15) is 28.8 Å². The summed E-state index contributed by atoms with van der Waals surface area (Å²) in [6.45, 7) is 4.97. The number of esters is 1. The van der Waals surface area contributed by atoms with E-state index in [1.54, 1.807) is 12.1 Å². The average molecular weight is 514 g/mol. The lowest BCUT2D eigenvalue weighted by Crippen LogP contribution is -2.23. The van der Waals surface area contributed by atoms with E-state index in [1.165, 1.54) is 76.2 Å². The van der Waals surface area contributed by atoms with Gasteiger partial charge in [-0.25, -0.2) is 4.79 Å². The van der Waals surface area contributed by atoms with Crippen LogP contribution >= 0.6 is 0 Å². The first-order valence-electron chi connectivity index (χ1n) is 14.3. The van der Waals surface area contributed by atoms with E-state index in [0.29, 0.717) is 18.3 Å². The number of carbonyl (C=O) groups is 1. The molecule has 2 unspecified atom stereocenters. The van der Waals surface area contributed by atoms with Crippen molar-refractivity contribution in [2.24, 2.45) is 0 Å². The molecule has 2 aromatic carbocycles. The maximum absolute atomic E-state index is 12.2. The second-order valence-electron chi connectivity index (χ2n) is 9.82. The van der Waals surface area contributed by atoms with E-state index in [-0.39, 0.29) is 17.1 Å². The number of hydrogen-bond acceptors (Lipinski definition) is 3. The lowest BCUT2D eigenvalue weighted by Gasteiger charge is -2.14. The van der Waals surface area contributed by atoms with Gasteiger partial charge in [-0.15, -0.1) is 0 Å². The van der Waals surface area contributed by atoms with Gasteiger partial charge in [-0.05, 0) is 56.7 Å². The lowest BCUT2D eigenvalue weighted by atomic mass is 10.1. The third-order valence-electron chi connectivity index (χ3n) is 6.45. The Kier molecular flexibility index (Phi) is 17.2. The van der Waals surface area contributed by atoms with Gasteiger partial charge in [-0.1, -0.05) is 100 Å². The Hall–Kier alpha value is -1.78. The summed E-state index contributed by atoms with van der Waals surface area (Å²) in [5.74, 6) is 1.87. The lowest BCUT2D eigenvalue weighted by molar-refractivity contribution is 0.0505. The highest BCUT2D eigenvalue weighted by Crippen LogP contribution is 2.17. The number of ether oxygens (including phenoxy) is 1. The quantitative estimate of drug-likeness (QED) is 0.0951. The molecule has 0 bridgehead atoms. The normalized spacial score (nSPS) is 12.8. The summed E-state index contributed by atoms with van der Waals surface area (Å²) >= 11 is -0.0567. The third kappa shape index (κ3) is 14.7. The summed E-state index contributed by atoms with van der Waals surface area (Å²) < 4.78 is 12.0. The zero-order valence-corrected chi connectivity index (χ0v) is 23.6. The van der Waals surface area contributed by atoms with Crippen molar-refractivity contribution in [3.8, 4) is 0 Å². The maximum atomic E-state index is 12.2. The molecule has 2 rings (SSSR count). The first-order valence-corrected chi connectivity index (χ1v) is 15.8. The van der Waals surface area contributed by atoms with Gasteiger partial charge in [-0.3, -0.25) is 0 Å². The van der Waals surface area contributed by atoms with Crippen LogP contribution in [0, 0.1) is 0 Å². The fourth-order valence-corrected chi connectivity index (χ4v) is 6.25. The smallest absolute Gasteiger partial charge is 0.338 e. The zero-order valence-electron chi connectivity index (χ0n) is 22.8. The number of carbonyl (C=O) groups excluding carboxylic acids is 1. The van der Waals surface area contributed by atoms with Gasteiger partial charge >= 0.3 is 5.97 Å². The van der Waals surface area contributed by atoms with Crippen LogP contribution in [-0.2, 0) is 26.5 Å². The van der Waals surface area contributed by atoms with Crippen molar-refractivity contribution in [2.45, 2.75) is 103 Å². The molecule has 0 radical (unpaired) electrons. The van der Waals surface area contributed by atoms with Crippen molar-refractivity contribution in [3.05, 3.63) is 71.8 Å². The van der Waals surface area contributed by atoms with Crippen LogP contribution in [0.15, 0.2) is 60.7 Å². The largest absolute Gasteiger partial charge is 0.462 e. The standard InChI is InChI=1S/C32H49O3S/c1-3-4-5-6-7-12-20-29(2)35-36(27-18-9-8-13-21-30-22-14-10-15-23-30)28-19-26-34-32(33)31-24-16-11-17-25-31/h10-11,14-17,22-25,29H,3-9,12-13,18-21,26-28H2,1-2H3/q+1. The highest BCUT2D eigenvalue weighted by molar-refractivity contribution is 7.92. The Morgan fingerprint density at radius 1 is 0.750 bits per heavy atom. The van der Waals surface area contributed by atoms with Crippen LogP contribution in [0.25, 0.3) is 0 Å². The van der Waals surface area contributed by atoms with E-state index >= 15 is 0 Å². The van der Waals surface area contributed by atoms with Crippen molar-refractivity contribution in [1.82, 2.24) is 0 Å². The van der Waals surface area contributed by atoms with Gasteiger partial charge in [0.15, 0.2) is 0 Å². The minimum Gasteiger partial charge on any atom is -0.462 e. The minimum atomic E-state index is -0.230. The fraction of sp³-hybridized carbons (Fsp3) is 0.594. The van der Waals surface area contributed by atoms with Gasteiger partial charge in [0.2, 0.25) is 0 Å². The first kappa shape index (κ1) is 30.4. The molecule has 0 aliphatic carbocycles. The van der Waals surface area contributed by atoms with Gasteiger partial charge in [0.05, 0.1) is 12.2 Å². The molecule has 36 heavy (non-hydrogen) atoms. The molecule has 4 heteroatoms. The number of rotatable bonds is 21. The summed E-state index contributed by atoms with van der Waals surface area (Å²) in [5, 5.41) is 0. The van der Waals surface area contributed by atoms with Crippen LogP contribution in [0.3, 0.4) is 0 Å². The van der Waals surface area contributed by atoms with E-state index in [2.05, 4.69) is 44.2 Å². The number of hydrogen-bond donors (Lipinski definition) is 0. The summed E-state index contributed by atoms with van der Waals surface area (Å²) in [5.41, 5.74) is 2.06. The summed E-state index contributed by atoms with van der Waals surface area (Å²) in [7, 11) is 0. The Morgan fingerprint density at radius 2 is 1.36 bits per heavy atom. The first-order chi connectivity index (χ1) is 17.7. The van der Waals surface area contributed by atoms with Crippen molar-refractivity contribution >= 4 is 17.1 Å². The highest BCUT2D eigenvalue weighted by atomic mass is 32.2. The molecular formula is C32H49O3S+. The van der Waals surface area contributed by atoms with Crippen LogP contribution in [0.2, 0.25) is 0 Å². The average Bonchev–Trinajstić information content (AvgIpc) is 2.91. The van der Waals surface area contributed by atoms with E-state index in [4.69, 9.17) is 8.92 Å². The topological polar surface area (TPSA) is 35.5 Å². The molecular weight excluding hydrogens is 464 g/mol. The predicted octanol–water partition coefficient (Wildman–Crippen LogP) is 8.73. The molecule has 0 fully saturated rings. The molecule has 0 saturated heterocycles. The van der Waals surface area contributed by atoms with Crippen LogP contribution in [0.5, 0.6) is 0 Å². The monoisotopic (exact) mass is 513 g/mol. The van der Waals surface area contributed by atoms with Crippen LogP contribution in [0.4, 0.5) is 0 Å². The molecule has 0 amide bonds. The minimum absolute atomic E-state index is 0.0567. The number of aryl methyl sites for hydroxylation is 1. The van der Waals surface area contributed by atoms with Crippen molar-refractivity contribution in [1.29, 1.82) is 0 Å². The summed E-state index contributed by atoms with van der Waals surface area (Å²) in [4.78, 5) is 12.2. The third-order valence-corrected chi connectivity index (χ3v) is 8.54. The molecule has 2 atom stereocenters. The predicted molar refractivity (Wildman–Crippen MR) is 156 cm³/mol. The Labute approximate surface area is 223 Å². The SMILES string of the molecule is CCCCCCCCC(C)O[S+](CCCCCCc1ccccc1)CCCOC(=O)c1ccccc1. The summed E-state index contributed by atoms with van der Waals surface area (Å²) in [6.07, 6.45) is 16.4. The van der Waals surface area contributed by atoms with Gasteiger partial charge in [-0.2, -0.15) is 4.18 Å². The molecule has 0 N–H and O–H groups in total. The van der Waals surface area contributed by atoms with Crippen LogP contribution in [0.1, 0.15) is 107 Å². The zero-order chi connectivity index (χ0) is 25.7. The van der Waals surface area contributed by atoms with E-state index < -0.39 is 0 Å². The molecule has 0 aromatic heterocycles. The number of unbranched alkanes of at least 4 members (excludes halogenated alkanes) is 8. The van der Waals surface area contributed by atoms with Crippen molar-refractivity contribution < 1.29 is 13.7 Å². The molecule has 200 valence electrons. The van der Waals surface area contributed by atoms with E-state index in [9.17, 15) is 4.79 Å². The van der Waals surface area contributed by atoms with Gasteiger partial charge in [0, 0.05) is 6.42 Å². The Balaban J connectivity index is 1.67. The van der Waals surface area contributed by atoms with E-state index in [0.717, 1.165) is 24.3 Å². The van der Waals surface area contributed by atoms with Crippen LogP contribution in [-0.4, -0.2) is 30.2 Å². The van der Waals surface area contributed by atoms with Crippen molar-refractivity contribution in [3.63, 3.8) is 0 Å². The van der Waals surface area contributed by atoms with E-state index in [1.807, 2.05) is 18.2 Å². The molecule has 0 aliphatic heterocycles. The fourth-order valence-electron chi connectivity index (χ4n) is 4.32. The Bertz CT molecular complexity index is 781. The summed E-state index contributed by atoms with van der Waals surface area (Å²) in [6, 6.07) is 20.0. The highest BCUT2D eigenvalue weighted by Gasteiger charge is 2.23. The molecule has 0 heterocycles. The van der Waals surface area contributed by atoms with Crippen LogP contribution < -0.4 is 0 Å². The van der Waals surface area contributed by atoms with Gasteiger partial charge in [0.25, 0.3) is 0 Å². The molecule has 3 nitrogen and oxygen atoms in total. The second kappa shape index (κ2) is 20.3. The molecule has 2 aromatic rings. The second-order valence-corrected chi connectivity index (χ2v) is 11.7. The molecule has 0 aliphatic rings.